The topological polar surface area (TPSA) is 45.2 Å². The molecule has 1 aromatic heterocycles. The molecule has 0 aliphatic carbocycles. The first-order valence-electron chi connectivity index (χ1n) is 7.57. The summed E-state index contributed by atoms with van der Waals surface area (Å²) in [6, 6.07) is 13.8. The molecule has 0 spiro atoms. The Morgan fingerprint density at radius 2 is 1.91 bits per heavy atom. The Morgan fingerprint density at radius 3 is 2.55 bits per heavy atom. The third-order valence-electron chi connectivity index (χ3n) is 3.67. The summed E-state index contributed by atoms with van der Waals surface area (Å²) in [4.78, 5) is 18.8. The van der Waals surface area contributed by atoms with Gasteiger partial charge in [0.15, 0.2) is 0 Å². The lowest BCUT2D eigenvalue weighted by atomic mass is 9.95. The van der Waals surface area contributed by atoms with Crippen LogP contribution in [0.15, 0.2) is 48.7 Å². The second-order valence-electron chi connectivity index (χ2n) is 5.47. The van der Waals surface area contributed by atoms with Crippen LogP contribution in [0.5, 0.6) is 0 Å². The van der Waals surface area contributed by atoms with E-state index in [0.29, 0.717) is 6.54 Å². The van der Waals surface area contributed by atoms with Gasteiger partial charge in [-0.25, -0.2) is 4.98 Å². The van der Waals surface area contributed by atoms with Crippen LogP contribution in [0, 0.1) is 0 Å². The molecule has 0 aliphatic rings. The number of carbonyl (C=O) groups is 1. The van der Waals surface area contributed by atoms with Crippen LogP contribution in [0.3, 0.4) is 0 Å². The number of hydrogen-bond acceptors (Lipinski definition) is 3. The van der Waals surface area contributed by atoms with Gasteiger partial charge >= 0.3 is 0 Å². The van der Waals surface area contributed by atoms with Gasteiger partial charge in [0.1, 0.15) is 5.82 Å². The molecule has 0 fully saturated rings. The molecule has 22 heavy (non-hydrogen) atoms. The van der Waals surface area contributed by atoms with Crippen LogP contribution in [-0.4, -0.2) is 25.0 Å². The molecule has 1 amide bonds. The first kappa shape index (κ1) is 16.0. The SMILES string of the molecule is CC[C@H](C(=O)NCc1cccnc1N(C)C)c1ccccc1. The number of benzene rings is 1. The van der Waals surface area contributed by atoms with Crippen LogP contribution < -0.4 is 10.2 Å². The maximum absolute atomic E-state index is 12.5. The monoisotopic (exact) mass is 297 g/mol. The van der Waals surface area contributed by atoms with E-state index in [1.807, 2.05) is 68.4 Å². The van der Waals surface area contributed by atoms with E-state index in [9.17, 15) is 4.79 Å². The molecule has 0 unspecified atom stereocenters. The van der Waals surface area contributed by atoms with E-state index in [0.717, 1.165) is 23.4 Å². The maximum Gasteiger partial charge on any atom is 0.227 e. The van der Waals surface area contributed by atoms with Gasteiger partial charge in [-0.3, -0.25) is 4.79 Å². The van der Waals surface area contributed by atoms with Gasteiger partial charge in [0.25, 0.3) is 0 Å². The van der Waals surface area contributed by atoms with E-state index in [2.05, 4.69) is 10.3 Å². The second kappa shape index (κ2) is 7.59. The normalized spacial score (nSPS) is 11.8. The summed E-state index contributed by atoms with van der Waals surface area (Å²) >= 11 is 0. The minimum Gasteiger partial charge on any atom is -0.362 e. The van der Waals surface area contributed by atoms with Crippen molar-refractivity contribution in [2.75, 3.05) is 19.0 Å². The lowest BCUT2D eigenvalue weighted by Crippen LogP contribution is -2.29. The molecular formula is C18H23N3O. The largest absolute Gasteiger partial charge is 0.362 e. The van der Waals surface area contributed by atoms with E-state index < -0.39 is 0 Å². The molecular weight excluding hydrogens is 274 g/mol. The van der Waals surface area contributed by atoms with Gasteiger partial charge < -0.3 is 10.2 Å². The number of pyridine rings is 1. The second-order valence-corrected chi connectivity index (χ2v) is 5.47. The highest BCUT2D eigenvalue weighted by Crippen LogP contribution is 2.20. The summed E-state index contributed by atoms with van der Waals surface area (Å²) in [6.07, 6.45) is 2.54. The number of aromatic nitrogens is 1. The third-order valence-corrected chi connectivity index (χ3v) is 3.67. The van der Waals surface area contributed by atoms with Gasteiger partial charge in [-0.05, 0) is 18.1 Å². The molecule has 1 aromatic carbocycles. The Hall–Kier alpha value is -2.36. The summed E-state index contributed by atoms with van der Waals surface area (Å²) < 4.78 is 0. The number of anilines is 1. The summed E-state index contributed by atoms with van der Waals surface area (Å²) in [7, 11) is 3.90. The predicted molar refractivity (Wildman–Crippen MR) is 89.9 cm³/mol. The number of hydrogen-bond donors (Lipinski definition) is 1. The average Bonchev–Trinajstić information content (AvgIpc) is 2.55. The van der Waals surface area contributed by atoms with Crippen molar-refractivity contribution >= 4 is 11.7 Å². The fourth-order valence-corrected chi connectivity index (χ4v) is 2.53. The van der Waals surface area contributed by atoms with Crippen molar-refractivity contribution in [3.8, 4) is 0 Å². The summed E-state index contributed by atoms with van der Waals surface area (Å²) in [5.74, 6) is 0.832. The van der Waals surface area contributed by atoms with Crippen molar-refractivity contribution in [1.29, 1.82) is 0 Å². The van der Waals surface area contributed by atoms with E-state index in [1.54, 1.807) is 6.20 Å². The van der Waals surface area contributed by atoms with Gasteiger partial charge in [0.05, 0.1) is 5.92 Å². The van der Waals surface area contributed by atoms with Crippen LogP contribution >= 0.6 is 0 Å². The molecule has 0 bridgehead atoms. The van der Waals surface area contributed by atoms with Gasteiger partial charge in [0.2, 0.25) is 5.91 Å². The first-order chi connectivity index (χ1) is 10.6. The van der Waals surface area contributed by atoms with E-state index in [-0.39, 0.29) is 11.8 Å². The highest BCUT2D eigenvalue weighted by Gasteiger charge is 2.18. The van der Waals surface area contributed by atoms with Crippen molar-refractivity contribution in [3.63, 3.8) is 0 Å². The molecule has 0 aliphatic heterocycles. The van der Waals surface area contributed by atoms with E-state index >= 15 is 0 Å². The average molecular weight is 297 g/mol. The number of carbonyl (C=O) groups excluding carboxylic acids is 1. The molecule has 4 heteroatoms. The molecule has 116 valence electrons. The lowest BCUT2D eigenvalue weighted by molar-refractivity contribution is -0.122. The predicted octanol–water partition coefficient (Wildman–Crippen LogP) is 2.96. The number of rotatable bonds is 6. The zero-order valence-corrected chi connectivity index (χ0v) is 13.4. The molecule has 1 N–H and O–H groups in total. The van der Waals surface area contributed by atoms with Gasteiger partial charge in [-0.15, -0.1) is 0 Å². The fraction of sp³-hybridized carbons (Fsp3) is 0.333. The maximum atomic E-state index is 12.5. The quantitative estimate of drug-likeness (QED) is 0.891. The number of nitrogens with zero attached hydrogens (tertiary/aromatic N) is 2. The Labute approximate surface area is 132 Å². The zero-order chi connectivity index (χ0) is 15.9. The minimum absolute atomic E-state index is 0.0576. The molecule has 0 saturated heterocycles. The van der Waals surface area contributed by atoms with E-state index in [4.69, 9.17) is 0 Å². The van der Waals surface area contributed by atoms with Gasteiger partial charge in [0, 0.05) is 32.4 Å². The van der Waals surface area contributed by atoms with Crippen LogP contribution in [0.4, 0.5) is 5.82 Å². The van der Waals surface area contributed by atoms with Crippen molar-refractivity contribution in [3.05, 3.63) is 59.8 Å². The Kier molecular flexibility index (Phi) is 5.53. The molecule has 1 heterocycles. The van der Waals surface area contributed by atoms with Crippen molar-refractivity contribution < 1.29 is 4.79 Å². The zero-order valence-electron chi connectivity index (χ0n) is 13.4. The summed E-state index contributed by atoms with van der Waals surface area (Å²) in [5.41, 5.74) is 2.07. The van der Waals surface area contributed by atoms with Crippen LogP contribution in [-0.2, 0) is 11.3 Å². The van der Waals surface area contributed by atoms with Crippen LogP contribution in [0.1, 0.15) is 30.4 Å². The van der Waals surface area contributed by atoms with Crippen LogP contribution in [0.25, 0.3) is 0 Å². The Bertz CT molecular complexity index is 611. The third kappa shape index (κ3) is 3.85. The minimum atomic E-state index is -0.110. The van der Waals surface area contributed by atoms with Gasteiger partial charge in [-0.2, -0.15) is 0 Å². The first-order valence-corrected chi connectivity index (χ1v) is 7.57. The van der Waals surface area contributed by atoms with Crippen molar-refractivity contribution in [2.24, 2.45) is 0 Å². The van der Waals surface area contributed by atoms with Crippen LogP contribution in [0.2, 0.25) is 0 Å². The molecule has 2 rings (SSSR count). The molecule has 4 nitrogen and oxygen atoms in total. The smallest absolute Gasteiger partial charge is 0.227 e. The summed E-state index contributed by atoms with van der Waals surface area (Å²) in [5, 5.41) is 3.04. The molecule has 2 aromatic rings. The van der Waals surface area contributed by atoms with E-state index in [1.165, 1.54) is 0 Å². The lowest BCUT2D eigenvalue weighted by Gasteiger charge is -2.18. The molecule has 1 atom stereocenters. The van der Waals surface area contributed by atoms with Gasteiger partial charge in [-0.1, -0.05) is 43.3 Å². The van der Waals surface area contributed by atoms with Crippen molar-refractivity contribution in [2.45, 2.75) is 25.8 Å². The Morgan fingerprint density at radius 1 is 1.18 bits per heavy atom. The Balaban J connectivity index is 2.06. The number of nitrogens with one attached hydrogen (secondary N) is 1. The number of amides is 1. The summed E-state index contributed by atoms with van der Waals surface area (Å²) in [6.45, 7) is 2.52. The highest BCUT2D eigenvalue weighted by molar-refractivity contribution is 5.83. The van der Waals surface area contributed by atoms with Crippen molar-refractivity contribution in [1.82, 2.24) is 10.3 Å². The molecule has 0 radical (unpaired) electrons. The highest BCUT2D eigenvalue weighted by atomic mass is 16.1. The fourth-order valence-electron chi connectivity index (χ4n) is 2.53. The standard InChI is InChI=1S/C18H23N3O/c1-4-16(14-9-6-5-7-10-14)18(22)20-13-15-11-8-12-19-17(15)21(2)3/h5-12,16H,4,13H2,1-3H3,(H,20,22)/t16-/m0/s1. The molecule has 0 saturated carbocycles.